The predicted octanol–water partition coefficient (Wildman–Crippen LogP) is -0.269. The highest BCUT2D eigenvalue weighted by atomic mass is 32.2. The maximum atomic E-state index is 15.5. The summed E-state index contributed by atoms with van der Waals surface area (Å²) >= 11 is 1.01. The average Bonchev–Trinajstić information content (AvgIpc) is 4.02. The van der Waals surface area contributed by atoms with Crippen LogP contribution in [-0.2, 0) is 23.9 Å². The Hall–Kier alpha value is -5.65. The molecule has 5 amide bonds. The number of thioether (sulfide) groups is 1. The second kappa shape index (κ2) is 21.3. The van der Waals surface area contributed by atoms with Crippen LogP contribution in [0, 0.1) is 11.7 Å². The number of hydrogen-bond donors (Lipinski definition) is 10. The molecule has 3 aromatic rings. The summed E-state index contributed by atoms with van der Waals surface area (Å²) in [6.07, 6.45) is -2.01. The third-order valence-electron chi connectivity index (χ3n) is 11.6. The minimum atomic E-state index is -1.54. The van der Waals surface area contributed by atoms with Gasteiger partial charge in [0.15, 0.2) is 0 Å². The van der Waals surface area contributed by atoms with Gasteiger partial charge >= 0.3 is 5.97 Å². The van der Waals surface area contributed by atoms with E-state index in [9.17, 15) is 59.1 Å². The Morgan fingerprint density at radius 3 is 2.20 bits per heavy atom. The Labute approximate surface area is 382 Å². The predicted molar refractivity (Wildman–Crippen MR) is 237 cm³/mol. The third kappa shape index (κ3) is 11.8. The molecule has 0 spiro atoms. The molecule has 1 aromatic heterocycles. The van der Waals surface area contributed by atoms with Crippen LogP contribution in [0.25, 0.3) is 10.9 Å². The first-order chi connectivity index (χ1) is 31.3. The van der Waals surface area contributed by atoms with Crippen LogP contribution in [-0.4, -0.2) is 146 Å². The van der Waals surface area contributed by atoms with Gasteiger partial charge < -0.3 is 66.3 Å². The Bertz CT molecular complexity index is 2380. The number of carbonyl (C=O) groups is 6. The van der Waals surface area contributed by atoms with E-state index in [4.69, 9.17) is 4.74 Å². The molecule has 2 aromatic carbocycles. The maximum absolute atomic E-state index is 15.5. The smallest absolute Gasteiger partial charge is 0.341 e. The summed E-state index contributed by atoms with van der Waals surface area (Å²) in [5.41, 5.74) is -1.40. The van der Waals surface area contributed by atoms with Crippen molar-refractivity contribution in [2.45, 2.75) is 118 Å². The van der Waals surface area contributed by atoms with Crippen LogP contribution in [0.3, 0.4) is 0 Å². The molecule has 22 heteroatoms. The van der Waals surface area contributed by atoms with Gasteiger partial charge in [-0.3, -0.25) is 28.8 Å². The topological polar surface area (TPSA) is 298 Å². The number of benzene rings is 2. The van der Waals surface area contributed by atoms with Crippen LogP contribution >= 0.6 is 11.8 Å². The number of rotatable bonds is 18. The highest BCUT2D eigenvalue weighted by molar-refractivity contribution is 7.99. The molecule has 2 saturated heterocycles. The van der Waals surface area contributed by atoms with Gasteiger partial charge in [0.2, 0.25) is 29.1 Å². The van der Waals surface area contributed by atoms with Crippen molar-refractivity contribution in [2.24, 2.45) is 5.92 Å². The number of anilines is 1. The number of carboxylic acid groups (broad SMARTS) is 1. The quantitative estimate of drug-likeness (QED) is 0.0786. The van der Waals surface area contributed by atoms with E-state index in [1.807, 2.05) is 13.8 Å². The molecule has 10 N–H and O–H groups in total. The minimum absolute atomic E-state index is 0.00192. The van der Waals surface area contributed by atoms with Gasteiger partial charge in [-0.25, -0.2) is 9.18 Å². The van der Waals surface area contributed by atoms with E-state index in [1.54, 1.807) is 27.7 Å². The lowest BCUT2D eigenvalue weighted by Gasteiger charge is -2.39. The molecule has 9 atom stereocenters. The third-order valence-corrected chi connectivity index (χ3v) is 12.8. The Morgan fingerprint density at radius 2 is 1.56 bits per heavy atom. The van der Waals surface area contributed by atoms with Crippen LogP contribution in [0.5, 0.6) is 0 Å². The highest BCUT2D eigenvalue weighted by Crippen LogP contribution is 2.39. The molecule has 20 nitrogen and oxygen atoms in total. The minimum Gasteiger partial charge on any atom is -0.477 e. The number of nitrogens with zero attached hydrogens (tertiary/aromatic N) is 2. The molecular formula is C44H56FN7O13S. The van der Waals surface area contributed by atoms with E-state index in [0.29, 0.717) is 23.4 Å². The summed E-state index contributed by atoms with van der Waals surface area (Å²) in [6.45, 7) is 6.05. The molecule has 6 rings (SSSR count). The van der Waals surface area contributed by atoms with Crippen LogP contribution in [0.4, 0.5) is 10.1 Å². The number of aromatic carboxylic acids is 1. The molecule has 0 radical (unpaired) electrons. The molecule has 0 unspecified atom stereocenters. The summed E-state index contributed by atoms with van der Waals surface area (Å²) in [7, 11) is 0. The number of hydrogen-bond acceptors (Lipinski definition) is 14. The number of carbonyl (C=O) groups excluding carboxylic acids is 5. The molecule has 66 heavy (non-hydrogen) atoms. The summed E-state index contributed by atoms with van der Waals surface area (Å²) in [5.74, 6) is -5.30. The zero-order valence-electron chi connectivity index (χ0n) is 36.7. The number of aromatic nitrogens is 1. The number of aliphatic hydroxyl groups excluding tert-OH is 4. The summed E-state index contributed by atoms with van der Waals surface area (Å²) in [6, 6.07) is 5.01. The zero-order valence-corrected chi connectivity index (χ0v) is 37.5. The van der Waals surface area contributed by atoms with E-state index in [-0.39, 0.29) is 41.6 Å². The molecule has 3 aliphatic rings. The second-order valence-electron chi connectivity index (χ2n) is 17.3. The molecule has 1 aliphatic carbocycles. The molecule has 3 fully saturated rings. The van der Waals surface area contributed by atoms with Crippen LogP contribution < -0.4 is 36.9 Å². The Kier molecular flexibility index (Phi) is 16.1. The lowest BCUT2D eigenvalue weighted by atomic mass is 10.0. The number of halogens is 1. The van der Waals surface area contributed by atoms with Gasteiger partial charge in [0, 0.05) is 47.2 Å². The Balaban J connectivity index is 0.958. The first-order valence-electron chi connectivity index (χ1n) is 21.7. The van der Waals surface area contributed by atoms with E-state index in [1.165, 1.54) is 32.2 Å². The van der Waals surface area contributed by atoms with Crippen molar-refractivity contribution in [3.63, 3.8) is 0 Å². The SMILES string of the molecule is CC(C)C[C@H](NC(=O)CNC(=O)[C@H](C)NC(=O)c1ccc(S[C@@H]2O[C@H](CO)[C@H](O)[C@H](O)[C@H]2O)cc1)C(=O)N[C@@H](C)C(=O)N[C@H]1CCN(c2cc3c(cc2F)c(=O)c(C(=O)O)cn3C2CC2)C1. The van der Waals surface area contributed by atoms with E-state index >= 15 is 4.39 Å². The first-order valence-corrected chi connectivity index (χ1v) is 22.6. The zero-order chi connectivity index (χ0) is 48.1. The lowest BCUT2D eigenvalue weighted by molar-refractivity contribution is -0.205. The summed E-state index contributed by atoms with van der Waals surface area (Å²) < 4.78 is 22.7. The van der Waals surface area contributed by atoms with Crippen molar-refractivity contribution >= 4 is 63.9 Å². The number of ether oxygens (including phenoxy) is 1. The van der Waals surface area contributed by atoms with Crippen molar-refractivity contribution in [2.75, 3.05) is 31.1 Å². The average molecular weight is 942 g/mol. The van der Waals surface area contributed by atoms with Crippen molar-refractivity contribution in [1.82, 2.24) is 31.2 Å². The fraction of sp³-hybridized carbons (Fsp3) is 0.523. The molecule has 0 bridgehead atoms. The van der Waals surface area contributed by atoms with Crippen molar-refractivity contribution in [3.05, 3.63) is 69.8 Å². The number of aliphatic hydroxyl groups is 4. The molecule has 2 aliphatic heterocycles. The van der Waals surface area contributed by atoms with Gasteiger partial charge in [-0.1, -0.05) is 25.6 Å². The van der Waals surface area contributed by atoms with Crippen LogP contribution in [0.15, 0.2) is 52.3 Å². The molecule has 1 saturated carbocycles. The van der Waals surface area contributed by atoms with E-state index < -0.39 is 119 Å². The fourth-order valence-electron chi connectivity index (χ4n) is 7.81. The number of amides is 5. The fourth-order valence-corrected chi connectivity index (χ4v) is 8.87. The van der Waals surface area contributed by atoms with Gasteiger partial charge in [-0.2, -0.15) is 0 Å². The van der Waals surface area contributed by atoms with Gasteiger partial charge in [0.25, 0.3) is 5.91 Å². The van der Waals surface area contributed by atoms with Crippen LogP contribution in [0.1, 0.15) is 80.1 Å². The van der Waals surface area contributed by atoms with Gasteiger partial charge in [0.1, 0.15) is 59.4 Å². The van der Waals surface area contributed by atoms with Gasteiger partial charge in [-0.15, -0.1) is 0 Å². The van der Waals surface area contributed by atoms with Gasteiger partial charge in [-0.05, 0) is 81.8 Å². The number of nitrogens with one attached hydrogen (secondary N) is 5. The van der Waals surface area contributed by atoms with E-state index in [2.05, 4.69) is 26.6 Å². The van der Waals surface area contributed by atoms with Gasteiger partial charge in [0.05, 0.1) is 24.4 Å². The molecule has 358 valence electrons. The number of carboxylic acids is 1. The maximum Gasteiger partial charge on any atom is 0.341 e. The normalized spacial score (nSPS) is 23.2. The standard InChI is InChI=1S/C44H56FN7O13S/c1-20(2)13-30(50-34(54)16-46-39(59)21(3)47-41(61)23-5-9-26(10-6-23)66-44-38(58)37(57)36(56)33(19-53)65-44)42(62)48-22(4)40(60)49-24-11-12-51(17-24)32-15-31-27(14-29(32)45)35(55)28(43(63)64)18-52(31)25-7-8-25/h5-6,9-10,14-15,18,20-22,24-25,30,33,36-38,44,53,56-58H,7-8,11-13,16-17,19H2,1-4H3,(H,46,59)(H,47,61)(H,48,62)(H,49,60)(H,50,54)(H,63,64)/t21-,22-,24-,30-,33+,36-,37-,38+,44-/m0/s1. The number of pyridine rings is 1. The summed E-state index contributed by atoms with van der Waals surface area (Å²) in [5, 5.41) is 62.4. The molecular weight excluding hydrogens is 886 g/mol. The summed E-state index contributed by atoms with van der Waals surface area (Å²) in [4.78, 5) is 92.3. The Morgan fingerprint density at radius 1 is 0.879 bits per heavy atom. The largest absolute Gasteiger partial charge is 0.477 e. The van der Waals surface area contributed by atoms with Crippen LogP contribution in [0.2, 0.25) is 0 Å². The van der Waals surface area contributed by atoms with Crippen molar-refractivity contribution in [1.29, 1.82) is 0 Å². The monoisotopic (exact) mass is 941 g/mol. The van der Waals surface area contributed by atoms with Crippen molar-refractivity contribution in [3.8, 4) is 0 Å². The number of fused-ring (bicyclic) bond motifs is 1. The molecule has 3 heterocycles. The lowest BCUT2D eigenvalue weighted by Crippen LogP contribution is -2.57. The highest BCUT2D eigenvalue weighted by Gasteiger charge is 2.44. The second-order valence-corrected chi connectivity index (χ2v) is 18.5. The van der Waals surface area contributed by atoms with Crippen molar-refractivity contribution < 1.29 is 63.4 Å². The first kappa shape index (κ1) is 49.8. The van der Waals surface area contributed by atoms with E-state index in [0.717, 1.165) is 30.7 Å².